The Morgan fingerprint density at radius 1 is 0.524 bits per heavy atom. The second-order valence-corrected chi connectivity index (χ2v) is 10.7. The molecule has 0 saturated heterocycles. The van der Waals surface area contributed by atoms with Crippen LogP contribution in [0.25, 0.3) is 66.5 Å². The van der Waals surface area contributed by atoms with Gasteiger partial charge in [0.15, 0.2) is 6.29 Å². The molecule has 0 radical (unpaired) electrons. The monoisotopic (exact) mass is 540 g/mol. The number of nitrogens with zero attached hydrogens (tertiary/aromatic N) is 5. The third kappa shape index (κ3) is 3.35. The summed E-state index contributed by atoms with van der Waals surface area (Å²) < 4.78 is 4.76. The molecular formula is C36H24N6. The normalized spacial score (nSPS) is 14.1. The summed E-state index contributed by atoms with van der Waals surface area (Å²) >= 11 is 0. The van der Waals surface area contributed by atoms with Gasteiger partial charge in [0.05, 0.1) is 22.1 Å². The Bertz CT molecular complexity index is 2190. The Labute approximate surface area is 241 Å². The molecule has 4 aromatic heterocycles. The number of imidazole rings is 1. The molecule has 4 aromatic carbocycles. The zero-order valence-corrected chi connectivity index (χ0v) is 22.5. The molecule has 1 aliphatic rings. The lowest BCUT2D eigenvalue weighted by atomic mass is 10.0. The zero-order valence-electron chi connectivity index (χ0n) is 22.5. The molecular weight excluding hydrogens is 516 g/mol. The number of nitrogens with one attached hydrogen (secondary N) is 1. The molecule has 8 aromatic rings. The van der Waals surface area contributed by atoms with Crippen LogP contribution in [-0.2, 0) is 0 Å². The molecule has 6 heteroatoms. The average Bonchev–Trinajstić information content (AvgIpc) is 3.61. The van der Waals surface area contributed by atoms with E-state index >= 15 is 0 Å². The maximum atomic E-state index is 5.12. The molecule has 1 aliphatic heterocycles. The number of hydrogen-bond acceptors (Lipinski definition) is 4. The lowest BCUT2D eigenvalue weighted by molar-refractivity contribution is 0.520. The van der Waals surface area contributed by atoms with Crippen molar-refractivity contribution in [1.29, 1.82) is 0 Å². The molecule has 0 spiro atoms. The number of aromatic nitrogens is 5. The van der Waals surface area contributed by atoms with Crippen molar-refractivity contribution in [2.75, 3.05) is 5.32 Å². The standard InChI is InChI=1S/C36H24N6/c1-2-6-30-27(5-1)35-39-31-7-3-4-8-34(31)42(35)36(40-30)41-32-11-9-25(23-13-17-37-18-14-23)21-28(32)29-22-26(10-12-33(29)41)24-15-19-38-20-16-24/h1-22,36,40H. The van der Waals surface area contributed by atoms with Gasteiger partial charge in [-0.3, -0.25) is 14.5 Å². The highest BCUT2D eigenvalue weighted by Crippen LogP contribution is 2.43. The average molecular weight is 541 g/mol. The second kappa shape index (κ2) is 8.88. The van der Waals surface area contributed by atoms with E-state index in [0.717, 1.165) is 61.4 Å². The van der Waals surface area contributed by atoms with Gasteiger partial charge in [0.25, 0.3) is 0 Å². The van der Waals surface area contributed by atoms with Crippen LogP contribution in [0.2, 0.25) is 0 Å². The number of fused-ring (bicyclic) bond motifs is 8. The fourth-order valence-electron chi connectivity index (χ4n) is 6.43. The van der Waals surface area contributed by atoms with E-state index in [1.165, 1.54) is 10.8 Å². The summed E-state index contributed by atoms with van der Waals surface area (Å²) in [6.07, 6.45) is 7.17. The van der Waals surface area contributed by atoms with E-state index in [1.807, 2.05) is 24.8 Å². The molecule has 1 unspecified atom stereocenters. The van der Waals surface area contributed by atoms with Gasteiger partial charge in [0.2, 0.25) is 0 Å². The highest BCUT2D eigenvalue weighted by molar-refractivity contribution is 6.11. The summed E-state index contributed by atoms with van der Waals surface area (Å²) in [7, 11) is 0. The van der Waals surface area contributed by atoms with Gasteiger partial charge in [-0.05, 0) is 95.1 Å². The van der Waals surface area contributed by atoms with E-state index in [4.69, 9.17) is 4.98 Å². The Balaban J connectivity index is 1.36. The van der Waals surface area contributed by atoms with Gasteiger partial charge < -0.3 is 9.88 Å². The van der Waals surface area contributed by atoms with E-state index < -0.39 is 0 Å². The predicted molar refractivity (Wildman–Crippen MR) is 169 cm³/mol. The van der Waals surface area contributed by atoms with E-state index in [2.05, 4.69) is 134 Å². The first kappa shape index (κ1) is 23.0. The maximum absolute atomic E-state index is 5.12. The largest absolute Gasteiger partial charge is 0.347 e. The molecule has 0 aliphatic carbocycles. The van der Waals surface area contributed by atoms with Gasteiger partial charge in [-0.15, -0.1) is 0 Å². The van der Waals surface area contributed by atoms with Crippen molar-refractivity contribution in [2.45, 2.75) is 6.29 Å². The molecule has 42 heavy (non-hydrogen) atoms. The van der Waals surface area contributed by atoms with E-state index in [1.54, 1.807) is 0 Å². The first-order chi connectivity index (χ1) is 20.8. The van der Waals surface area contributed by atoms with Crippen molar-refractivity contribution < 1.29 is 0 Å². The Kier molecular flexibility index (Phi) is 4.86. The van der Waals surface area contributed by atoms with Crippen LogP contribution >= 0.6 is 0 Å². The van der Waals surface area contributed by atoms with Crippen molar-refractivity contribution in [2.24, 2.45) is 0 Å². The summed E-state index contributed by atoms with van der Waals surface area (Å²) in [6.45, 7) is 0. The molecule has 6 nitrogen and oxygen atoms in total. The van der Waals surface area contributed by atoms with Crippen molar-refractivity contribution in [3.63, 3.8) is 0 Å². The Morgan fingerprint density at radius 3 is 1.79 bits per heavy atom. The smallest absolute Gasteiger partial charge is 0.188 e. The minimum atomic E-state index is -0.221. The summed E-state index contributed by atoms with van der Waals surface area (Å²) in [5.41, 5.74) is 11.2. The van der Waals surface area contributed by atoms with Crippen molar-refractivity contribution in [1.82, 2.24) is 24.1 Å². The highest BCUT2D eigenvalue weighted by Gasteiger charge is 2.30. The molecule has 0 fully saturated rings. The lowest BCUT2D eigenvalue weighted by Gasteiger charge is -2.32. The van der Waals surface area contributed by atoms with Gasteiger partial charge >= 0.3 is 0 Å². The molecule has 1 atom stereocenters. The van der Waals surface area contributed by atoms with Crippen LogP contribution in [-0.4, -0.2) is 24.1 Å². The lowest BCUT2D eigenvalue weighted by Crippen LogP contribution is -2.29. The fraction of sp³-hybridized carbons (Fsp3) is 0.0278. The van der Waals surface area contributed by atoms with Gasteiger partial charge in [-0.2, -0.15) is 0 Å². The number of benzene rings is 4. The number of pyridine rings is 2. The third-order valence-corrected chi connectivity index (χ3v) is 8.37. The van der Waals surface area contributed by atoms with Gasteiger partial charge in [0, 0.05) is 46.8 Å². The maximum Gasteiger partial charge on any atom is 0.188 e. The van der Waals surface area contributed by atoms with Gasteiger partial charge in [-0.25, -0.2) is 4.98 Å². The molecule has 9 rings (SSSR count). The number of hydrogen-bond donors (Lipinski definition) is 1. The molecule has 0 bridgehead atoms. The number of para-hydroxylation sites is 3. The van der Waals surface area contributed by atoms with Crippen LogP contribution in [0, 0.1) is 0 Å². The van der Waals surface area contributed by atoms with Crippen LogP contribution in [0.4, 0.5) is 5.69 Å². The minimum absolute atomic E-state index is 0.221. The highest BCUT2D eigenvalue weighted by atomic mass is 15.4. The van der Waals surface area contributed by atoms with Crippen LogP contribution < -0.4 is 5.32 Å². The first-order valence-electron chi connectivity index (χ1n) is 14.0. The summed E-state index contributed by atoms with van der Waals surface area (Å²) in [5, 5.41) is 6.27. The molecule has 5 heterocycles. The number of anilines is 1. The molecule has 0 saturated carbocycles. The Hall–Kier alpha value is -5.75. The molecule has 0 amide bonds. The van der Waals surface area contributed by atoms with Crippen LogP contribution in [0.5, 0.6) is 0 Å². The third-order valence-electron chi connectivity index (χ3n) is 8.37. The van der Waals surface area contributed by atoms with Crippen molar-refractivity contribution >= 4 is 38.5 Å². The summed E-state index contributed by atoms with van der Waals surface area (Å²) in [4.78, 5) is 13.6. The van der Waals surface area contributed by atoms with E-state index in [9.17, 15) is 0 Å². The quantitative estimate of drug-likeness (QED) is 0.245. The first-order valence-corrected chi connectivity index (χ1v) is 14.0. The minimum Gasteiger partial charge on any atom is -0.347 e. The second-order valence-electron chi connectivity index (χ2n) is 10.7. The number of rotatable bonds is 3. The topological polar surface area (TPSA) is 60.6 Å². The summed E-state index contributed by atoms with van der Waals surface area (Å²) in [6, 6.07) is 38.6. The van der Waals surface area contributed by atoms with Crippen molar-refractivity contribution in [3.8, 4) is 33.6 Å². The van der Waals surface area contributed by atoms with Crippen molar-refractivity contribution in [3.05, 3.63) is 134 Å². The molecule has 1 N–H and O–H groups in total. The van der Waals surface area contributed by atoms with E-state index in [-0.39, 0.29) is 6.29 Å². The van der Waals surface area contributed by atoms with Crippen LogP contribution in [0.3, 0.4) is 0 Å². The SMILES string of the molecule is c1ccc2c(c1)NC(n1c3ccc(-c4ccncc4)cc3c3cc(-c4ccncc4)ccc31)n1c-2nc2ccccc21. The Morgan fingerprint density at radius 2 is 1.12 bits per heavy atom. The van der Waals surface area contributed by atoms with Gasteiger partial charge in [0.1, 0.15) is 5.82 Å². The molecule has 198 valence electrons. The summed E-state index contributed by atoms with van der Waals surface area (Å²) in [5.74, 6) is 0.965. The zero-order chi connectivity index (χ0) is 27.6. The van der Waals surface area contributed by atoms with E-state index in [0.29, 0.717) is 0 Å². The van der Waals surface area contributed by atoms with Crippen LogP contribution in [0.1, 0.15) is 6.29 Å². The van der Waals surface area contributed by atoms with Gasteiger partial charge in [-0.1, -0.05) is 36.4 Å². The van der Waals surface area contributed by atoms with Crippen LogP contribution in [0.15, 0.2) is 134 Å². The predicted octanol–water partition coefficient (Wildman–Crippen LogP) is 8.37. The fourth-order valence-corrected chi connectivity index (χ4v) is 6.43.